The third-order valence-electron chi connectivity index (χ3n) is 4.70. The molecule has 2 aromatic heterocycles. The van der Waals surface area contributed by atoms with E-state index >= 15 is 0 Å². The van der Waals surface area contributed by atoms with Crippen molar-refractivity contribution in [3.8, 4) is 5.82 Å². The predicted octanol–water partition coefficient (Wildman–Crippen LogP) is 3.35. The quantitative estimate of drug-likeness (QED) is 0.226. The van der Waals surface area contributed by atoms with E-state index in [0.717, 1.165) is 12.1 Å². The Balaban J connectivity index is 1.43. The van der Waals surface area contributed by atoms with Gasteiger partial charge in [-0.1, -0.05) is 0 Å². The molecular formula is C21H18F4N8O2S. The van der Waals surface area contributed by atoms with Crippen LogP contribution in [0.3, 0.4) is 0 Å². The Bertz CT molecular complexity index is 1410. The Labute approximate surface area is 202 Å². The number of nitrogens with one attached hydrogen (secondary N) is 3. The second-order valence-electron chi connectivity index (χ2n) is 7.28. The van der Waals surface area contributed by atoms with Crippen molar-refractivity contribution in [1.29, 1.82) is 0 Å². The van der Waals surface area contributed by atoms with Crippen LogP contribution < -0.4 is 15.4 Å². The van der Waals surface area contributed by atoms with Gasteiger partial charge in [0.15, 0.2) is 0 Å². The molecule has 10 nitrogen and oxygen atoms in total. The Morgan fingerprint density at radius 3 is 2.19 bits per heavy atom. The Morgan fingerprint density at radius 2 is 1.56 bits per heavy atom. The summed E-state index contributed by atoms with van der Waals surface area (Å²) in [6.07, 6.45) is -1.72. The van der Waals surface area contributed by atoms with E-state index in [0.29, 0.717) is 29.5 Å². The second kappa shape index (κ2) is 10.2. The monoisotopic (exact) mass is 522 g/mol. The molecule has 0 saturated carbocycles. The number of rotatable bonds is 9. The lowest BCUT2D eigenvalue weighted by Gasteiger charge is -2.12. The van der Waals surface area contributed by atoms with E-state index in [1.54, 1.807) is 6.07 Å². The Hall–Kier alpha value is -4.11. The van der Waals surface area contributed by atoms with Gasteiger partial charge in [0, 0.05) is 24.8 Å². The second-order valence-corrected chi connectivity index (χ2v) is 9.05. The van der Waals surface area contributed by atoms with Crippen molar-refractivity contribution >= 4 is 27.5 Å². The molecule has 0 spiro atoms. The molecule has 36 heavy (non-hydrogen) atoms. The van der Waals surface area contributed by atoms with Crippen LogP contribution in [0.5, 0.6) is 0 Å². The van der Waals surface area contributed by atoms with E-state index in [1.807, 2.05) is 0 Å². The van der Waals surface area contributed by atoms with E-state index in [1.165, 1.54) is 41.5 Å². The number of halogens is 4. The Kier molecular flexibility index (Phi) is 7.12. The van der Waals surface area contributed by atoms with E-state index in [4.69, 9.17) is 0 Å². The van der Waals surface area contributed by atoms with Crippen molar-refractivity contribution in [1.82, 2.24) is 29.5 Å². The number of sulfonamides is 1. The van der Waals surface area contributed by atoms with Crippen LogP contribution in [0.1, 0.15) is 5.56 Å². The maximum Gasteiger partial charge on any atom is 0.416 e. The fraction of sp³-hybridized carbons (Fsp3) is 0.143. The first-order valence-corrected chi connectivity index (χ1v) is 11.8. The first kappa shape index (κ1) is 25.0. The van der Waals surface area contributed by atoms with Gasteiger partial charge in [0.1, 0.15) is 30.1 Å². The molecule has 0 aliphatic heterocycles. The van der Waals surface area contributed by atoms with Gasteiger partial charge in [-0.15, -0.1) is 10.2 Å². The summed E-state index contributed by atoms with van der Waals surface area (Å²) in [6.45, 7) is -0.0498. The smallest absolute Gasteiger partial charge is 0.353 e. The summed E-state index contributed by atoms with van der Waals surface area (Å²) >= 11 is 0. The summed E-state index contributed by atoms with van der Waals surface area (Å²) in [5.41, 5.74) is -0.377. The maximum atomic E-state index is 13.2. The molecule has 0 aliphatic rings. The van der Waals surface area contributed by atoms with Crippen molar-refractivity contribution in [2.45, 2.75) is 11.1 Å². The molecule has 2 aromatic carbocycles. The summed E-state index contributed by atoms with van der Waals surface area (Å²) in [4.78, 5) is 8.36. The first-order chi connectivity index (χ1) is 17.1. The lowest BCUT2D eigenvalue weighted by atomic mass is 10.2. The maximum absolute atomic E-state index is 13.2. The fourth-order valence-electron chi connectivity index (χ4n) is 2.98. The molecule has 0 atom stereocenters. The van der Waals surface area contributed by atoms with Crippen molar-refractivity contribution in [3.05, 3.63) is 78.6 Å². The van der Waals surface area contributed by atoms with Gasteiger partial charge in [-0.05, 0) is 48.5 Å². The first-order valence-electron chi connectivity index (χ1n) is 10.3. The molecule has 0 saturated heterocycles. The average molecular weight is 522 g/mol. The zero-order valence-corrected chi connectivity index (χ0v) is 19.1. The molecule has 3 N–H and O–H groups in total. The van der Waals surface area contributed by atoms with E-state index in [2.05, 4.69) is 35.5 Å². The van der Waals surface area contributed by atoms with Gasteiger partial charge in [-0.25, -0.2) is 17.5 Å². The number of hydrogen-bond acceptors (Lipinski definition) is 8. The van der Waals surface area contributed by atoms with Crippen LogP contribution in [0, 0.1) is 5.82 Å². The lowest BCUT2D eigenvalue weighted by molar-refractivity contribution is -0.137. The topological polar surface area (TPSA) is 127 Å². The number of nitrogens with zero attached hydrogens (tertiary/aromatic N) is 5. The molecule has 0 aliphatic carbocycles. The minimum Gasteiger partial charge on any atom is -0.353 e. The summed E-state index contributed by atoms with van der Waals surface area (Å²) < 4.78 is 79.9. The molecule has 15 heteroatoms. The van der Waals surface area contributed by atoms with Crippen LogP contribution in [-0.4, -0.2) is 46.2 Å². The van der Waals surface area contributed by atoms with Gasteiger partial charge in [0.25, 0.3) is 0 Å². The van der Waals surface area contributed by atoms with Gasteiger partial charge in [-0.2, -0.15) is 23.1 Å². The SMILES string of the molecule is O=S(=O)(NCCNc1nc(Nc2ccc(F)cc2)cc(-n2cnnc2)n1)c1ccc(C(F)(F)F)cc1. The molecular weight excluding hydrogens is 504 g/mol. The highest BCUT2D eigenvalue weighted by molar-refractivity contribution is 7.89. The van der Waals surface area contributed by atoms with Crippen LogP contribution in [0.15, 0.2) is 72.1 Å². The van der Waals surface area contributed by atoms with Gasteiger partial charge in [0.05, 0.1) is 10.5 Å². The average Bonchev–Trinajstić information content (AvgIpc) is 3.38. The van der Waals surface area contributed by atoms with Gasteiger partial charge in [-0.3, -0.25) is 4.57 Å². The van der Waals surface area contributed by atoms with Crippen LogP contribution >= 0.6 is 0 Å². The summed E-state index contributed by atoms with van der Waals surface area (Å²) in [7, 11) is -4.03. The van der Waals surface area contributed by atoms with Crippen LogP contribution in [0.2, 0.25) is 0 Å². The van der Waals surface area contributed by atoms with Gasteiger partial charge in [0.2, 0.25) is 16.0 Å². The number of aromatic nitrogens is 5. The summed E-state index contributed by atoms with van der Waals surface area (Å²) in [5, 5.41) is 13.4. The molecule has 4 rings (SSSR count). The van der Waals surface area contributed by atoms with Crippen molar-refractivity contribution in [2.24, 2.45) is 0 Å². The zero-order valence-electron chi connectivity index (χ0n) is 18.2. The molecule has 188 valence electrons. The highest BCUT2D eigenvalue weighted by atomic mass is 32.2. The molecule has 0 fully saturated rings. The largest absolute Gasteiger partial charge is 0.416 e. The van der Waals surface area contributed by atoms with Crippen molar-refractivity contribution < 1.29 is 26.0 Å². The van der Waals surface area contributed by atoms with Crippen molar-refractivity contribution in [2.75, 3.05) is 23.7 Å². The van der Waals surface area contributed by atoms with E-state index in [9.17, 15) is 26.0 Å². The molecule has 0 radical (unpaired) electrons. The lowest BCUT2D eigenvalue weighted by Crippen LogP contribution is -2.29. The Morgan fingerprint density at radius 1 is 0.889 bits per heavy atom. The molecule has 2 heterocycles. The predicted molar refractivity (Wildman–Crippen MR) is 122 cm³/mol. The van der Waals surface area contributed by atoms with E-state index in [-0.39, 0.29) is 23.9 Å². The molecule has 0 bridgehead atoms. The normalized spacial score (nSPS) is 11.9. The van der Waals surface area contributed by atoms with Crippen molar-refractivity contribution in [3.63, 3.8) is 0 Å². The summed E-state index contributed by atoms with van der Waals surface area (Å²) in [5.74, 6) is 0.495. The van der Waals surface area contributed by atoms with E-state index < -0.39 is 27.6 Å². The van der Waals surface area contributed by atoms with Crippen LogP contribution in [0.4, 0.5) is 35.0 Å². The zero-order chi connectivity index (χ0) is 25.8. The fourth-order valence-corrected chi connectivity index (χ4v) is 4.01. The third kappa shape index (κ3) is 6.31. The molecule has 4 aromatic rings. The highest BCUT2D eigenvalue weighted by Crippen LogP contribution is 2.29. The summed E-state index contributed by atoms with van der Waals surface area (Å²) in [6, 6.07) is 10.4. The minimum atomic E-state index is -4.56. The standard InChI is InChI=1S/C21H18F4N8O2S/c22-15-3-5-16(6-4-15)30-18-11-19(33-12-27-28-13-33)32-20(31-18)26-9-10-29-36(34,35)17-7-1-14(2-8-17)21(23,24)25/h1-8,11-13,29H,9-10H2,(H2,26,30,31,32). The molecule has 0 amide bonds. The highest BCUT2D eigenvalue weighted by Gasteiger charge is 2.30. The number of benzene rings is 2. The number of hydrogen-bond donors (Lipinski definition) is 3. The third-order valence-corrected chi connectivity index (χ3v) is 6.18. The van der Waals surface area contributed by atoms with Gasteiger partial charge >= 0.3 is 6.18 Å². The van der Waals surface area contributed by atoms with Crippen LogP contribution in [-0.2, 0) is 16.2 Å². The van der Waals surface area contributed by atoms with Crippen LogP contribution in [0.25, 0.3) is 5.82 Å². The number of alkyl halides is 3. The van der Waals surface area contributed by atoms with Gasteiger partial charge < -0.3 is 10.6 Å². The number of anilines is 3. The molecule has 0 unspecified atom stereocenters. The minimum absolute atomic E-state index is 0.0570.